The summed E-state index contributed by atoms with van der Waals surface area (Å²) < 4.78 is 5.91. The smallest absolute Gasteiger partial charge is 0.267 e. The Labute approximate surface area is 205 Å². The molecule has 2 fully saturated rings. The van der Waals surface area contributed by atoms with Crippen molar-refractivity contribution in [1.82, 2.24) is 14.9 Å². The molecule has 2 aromatic heterocycles. The Hall–Kier alpha value is -3.04. The normalized spacial score (nSPS) is 19.4. The summed E-state index contributed by atoms with van der Waals surface area (Å²) >= 11 is 2.62. The third kappa shape index (κ3) is 5.20. The molecule has 5 rings (SSSR count). The Kier molecular flexibility index (Phi) is 6.73. The number of aliphatic imine (C=N–C) groups is 1. The van der Waals surface area contributed by atoms with Gasteiger partial charge in [0.1, 0.15) is 5.76 Å². The first kappa shape index (κ1) is 22.7. The molecule has 0 bridgehead atoms. The summed E-state index contributed by atoms with van der Waals surface area (Å²) in [7, 11) is 0. The van der Waals surface area contributed by atoms with Gasteiger partial charge in [0.2, 0.25) is 0 Å². The second kappa shape index (κ2) is 10.1. The topological polar surface area (TPSA) is 91.6 Å². The molecule has 0 atom stereocenters. The van der Waals surface area contributed by atoms with Crippen LogP contribution in [0.1, 0.15) is 43.6 Å². The first-order valence-electron chi connectivity index (χ1n) is 11.3. The number of aromatic amines is 1. The molecule has 34 heavy (non-hydrogen) atoms. The molecule has 1 saturated carbocycles. The molecule has 3 heterocycles. The number of hydrogen-bond donors (Lipinski definition) is 1. The number of para-hydroxylation sites is 1. The van der Waals surface area contributed by atoms with Crippen molar-refractivity contribution in [3.8, 4) is 0 Å². The van der Waals surface area contributed by atoms with E-state index < -0.39 is 0 Å². The molecule has 1 amide bonds. The molecule has 1 N–H and O–H groups in total. The monoisotopic (exact) mass is 492 g/mol. The molecule has 2 aliphatic rings. The van der Waals surface area contributed by atoms with Crippen molar-refractivity contribution in [3.63, 3.8) is 0 Å². The first-order chi connectivity index (χ1) is 16.5. The van der Waals surface area contributed by atoms with Gasteiger partial charge in [-0.05, 0) is 67.6 Å². The SMILES string of the molecule is Cc1cc(=O)[nH]c(Sc2ccc(/C=C3/SC(=Nc4ccccc4)N(C4CCCCC4)C3=O)o2)n1. The van der Waals surface area contributed by atoms with Crippen molar-refractivity contribution in [2.75, 3.05) is 0 Å². The highest BCUT2D eigenvalue weighted by Crippen LogP contribution is 2.39. The summed E-state index contributed by atoms with van der Waals surface area (Å²) in [5.74, 6) is 0.541. The number of aromatic nitrogens is 2. The summed E-state index contributed by atoms with van der Waals surface area (Å²) in [6.07, 6.45) is 7.24. The minimum Gasteiger partial charge on any atom is -0.450 e. The Morgan fingerprint density at radius 1 is 1.15 bits per heavy atom. The van der Waals surface area contributed by atoms with Crippen LogP contribution in [0, 0.1) is 6.92 Å². The molecule has 1 aromatic carbocycles. The molecular formula is C25H24N4O3S2. The number of rotatable bonds is 5. The minimum absolute atomic E-state index is 0.0261. The van der Waals surface area contributed by atoms with Gasteiger partial charge in [0.25, 0.3) is 11.5 Å². The average molecular weight is 493 g/mol. The van der Waals surface area contributed by atoms with Crippen molar-refractivity contribution in [3.05, 3.63) is 75.2 Å². The number of thioether (sulfide) groups is 1. The van der Waals surface area contributed by atoms with Crippen molar-refractivity contribution in [1.29, 1.82) is 0 Å². The van der Waals surface area contributed by atoms with Crippen LogP contribution < -0.4 is 5.56 Å². The van der Waals surface area contributed by atoms with E-state index in [1.165, 1.54) is 36.0 Å². The van der Waals surface area contributed by atoms with Crippen LogP contribution in [-0.2, 0) is 4.79 Å². The number of carbonyl (C=O) groups excluding carboxylic acids is 1. The Morgan fingerprint density at radius 3 is 2.71 bits per heavy atom. The van der Waals surface area contributed by atoms with E-state index in [4.69, 9.17) is 9.41 Å². The van der Waals surface area contributed by atoms with Gasteiger partial charge in [0, 0.05) is 23.9 Å². The predicted octanol–water partition coefficient (Wildman–Crippen LogP) is 5.76. The van der Waals surface area contributed by atoms with Crippen LogP contribution >= 0.6 is 23.5 Å². The van der Waals surface area contributed by atoms with E-state index in [9.17, 15) is 9.59 Å². The Morgan fingerprint density at radius 2 is 1.94 bits per heavy atom. The molecule has 174 valence electrons. The lowest BCUT2D eigenvalue weighted by atomic mass is 9.94. The summed E-state index contributed by atoms with van der Waals surface area (Å²) in [5, 5.41) is 1.76. The molecule has 1 aliphatic heterocycles. The highest BCUT2D eigenvalue weighted by Gasteiger charge is 2.38. The highest BCUT2D eigenvalue weighted by atomic mass is 32.2. The van der Waals surface area contributed by atoms with Crippen LogP contribution in [0.3, 0.4) is 0 Å². The number of aryl methyl sites for hydroxylation is 1. The van der Waals surface area contributed by atoms with Crippen LogP contribution in [0.2, 0.25) is 0 Å². The van der Waals surface area contributed by atoms with E-state index in [0.717, 1.165) is 36.5 Å². The largest absolute Gasteiger partial charge is 0.450 e. The van der Waals surface area contributed by atoms with Crippen LogP contribution in [0.25, 0.3) is 6.08 Å². The number of nitrogens with zero attached hydrogens (tertiary/aromatic N) is 3. The van der Waals surface area contributed by atoms with Gasteiger partial charge in [0.15, 0.2) is 15.4 Å². The predicted molar refractivity (Wildman–Crippen MR) is 135 cm³/mol. The van der Waals surface area contributed by atoms with Crippen molar-refractivity contribution >= 4 is 46.4 Å². The molecule has 3 aromatic rings. The van der Waals surface area contributed by atoms with Gasteiger partial charge in [-0.15, -0.1) is 0 Å². The van der Waals surface area contributed by atoms with Gasteiger partial charge < -0.3 is 9.40 Å². The van der Waals surface area contributed by atoms with E-state index in [1.54, 1.807) is 19.1 Å². The van der Waals surface area contributed by atoms with Crippen LogP contribution in [0.4, 0.5) is 5.69 Å². The van der Waals surface area contributed by atoms with Gasteiger partial charge in [-0.2, -0.15) is 0 Å². The minimum atomic E-state index is -0.204. The third-order valence-electron chi connectivity index (χ3n) is 5.68. The standard InChI is InChI=1S/C25H24N4O3S2/c1-16-14-21(30)28-24(26-16)34-22-13-12-19(32-22)15-20-23(31)29(18-10-6-3-7-11-18)25(33-20)27-17-8-4-2-5-9-17/h2,4-5,8-9,12-15,18H,3,6-7,10-11H2,1H3,(H,26,28,30)/b20-15+,27-25?. The summed E-state index contributed by atoms with van der Waals surface area (Å²) in [5.41, 5.74) is 1.27. The number of hydrogen-bond acceptors (Lipinski definition) is 7. The number of amidine groups is 1. The maximum Gasteiger partial charge on any atom is 0.267 e. The highest BCUT2D eigenvalue weighted by molar-refractivity contribution is 8.18. The Balaban J connectivity index is 1.41. The van der Waals surface area contributed by atoms with Gasteiger partial charge in [-0.3, -0.25) is 14.5 Å². The van der Waals surface area contributed by atoms with Crippen LogP contribution in [0.15, 0.2) is 77.9 Å². The van der Waals surface area contributed by atoms with Gasteiger partial charge in [-0.25, -0.2) is 9.98 Å². The average Bonchev–Trinajstić information content (AvgIpc) is 3.38. The lowest BCUT2D eigenvalue weighted by molar-refractivity contribution is -0.124. The number of benzene rings is 1. The Bertz CT molecular complexity index is 1310. The maximum atomic E-state index is 13.4. The second-order valence-electron chi connectivity index (χ2n) is 8.26. The number of H-pyrrole nitrogens is 1. The van der Waals surface area contributed by atoms with Crippen molar-refractivity contribution in [2.45, 2.75) is 55.3 Å². The second-order valence-corrected chi connectivity index (χ2v) is 10.3. The van der Waals surface area contributed by atoms with Gasteiger partial charge in [0.05, 0.1) is 10.6 Å². The van der Waals surface area contributed by atoms with Crippen molar-refractivity contribution in [2.24, 2.45) is 4.99 Å². The van der Waals surface area contributed by atoms with Crippen molar-refractivity contribution < 1.29 is 9.21 Å². The van der Waals surface area contributed by atoms with E-state index in [1.807, 2.05) is 41.3 Å². The molecular weight excluding hydrogens is 468 g/mol. The summed E-state index contributed by atoms with van der Waals surface area (Å²) in [4.78, 5) is 39.4. The fourth-order valence-electron chi connectivity index (χ4n) is 4.13. The summed E-state index contributed by atoms with van der Waals surface area (Å²) in [6.45, 7) is 1.77. The molecule has 0 unspecified atom stereocenters. The number of carbonyl (C=O) groups is 1. The number of furan rings is 1. The third-order valence-corrected chi connectivity index (χ3v) is 7.47. The lowest BCUT2D eigenvalue weighted by Crippen LogP contribution is -2.40. The molecule has 0 spiro atoms. The summed E-state index contributed by atoms with van der Waals surface area (Å²) in [6, 6.07) is 15.0. The zero-order valence-corrected chi connectivity index (χ0v) is 20.3. The fraction of sp³-hybridized carbons (Fsp3) is 0.280. The molecule has 1 saturated heterocycles. The lowest BCUT2D eigenvalue weighted by Gasteiger charge is -2.30. The van der Waals surface area contributed by atoms with E-state index in [0.29, 0.717) is 26.6 Å². The fourth-order valence-corrected chi connectivity index (χ4v) is 5.97. The maximum absolute atomic E-state index is 13.4. The molecule has 7 nitrogen and oxygen atoms in total. The van der Waals surface area contributed by atoms with Crippen LogP contribution in [-0.4, -0.2) is 32.0 Å². The van der Waals surface area contributed by atoms with E-state index >= 15 is 0 Å². The van der Waals surface area contributed by atoms with E-state index in [2.05, 4.69) is 9.97 Å². The van der Waals surface area contributed by atoms with Gasteiger partial charge in [-0.1, -0.05) is 37.5 Å². The molecule has 9 heteroatoms. The van der Waals surface area contributed by atoms with E-state index in [-0.39, 0.29) is 17.5 Å². The van der Waals surface area contributed by atoms with Gasteiger partial charge >= 0.3 is 0 Å². The first-order valence-corrected chi connectivity index (χ1v) is 12.9. The number of amides is 1. The zero-order valence-electron chi connectivity index (χ0n) is 18.7. The zero-order chi connectivity index (χ0) is 23.5. The quantitative estimate of drug-likeness (QED) is 0.360. The molecule has 0 radical (unpaired) electrons. The molecule has 1 aliphatic carbocycles. The number of nitrogens with one attached hydrogen (secondary N) is 1. The van der Waals surface area contributed by atoms with Crippen LogP contribution in [0.5, 0.6) is 0 Å².